The largest absolute Gasteiger partial charge is 0.504 e. The lowest BCUT2D eigenvalue weighted by atomic mass is 9.65. The number of rotatable bonds is 5. The summed E-state index contributed by atoms with van der Waals surface area (Å²) in [7, 11) is 3.26. The standard InChI is InChI=1S/C26H30O4/c1-16(2)21-10-11-26(3)15-23(21)22-9-8-18(24(27)25(22)30-26)7-6-17-12-19(28-4)14-20(13-17)29-5/h6-9,12-14,21,23,27H,1,10-11,15H2,2-5H3/b7-6+. The predicted octanol–water partition coefficient (Wildman–Crippen LogP) is 6.19. The van der Waals surface area contributed by atoms with Gasteiger partial charge in [-0.25, -0.2) is 0 Å². The van der Waals surface area contributed by atoms with Gasteiger partial charge in [0.2, 0.25) is 0 Å². The molecule has 30 heavy (non-hydrogen) atoms. The summed E-state index contributed by atoms with van der Waals surface area (Å²) in [5.74, 6) is 3.06. The van der Waals surface area contributed by atoms with Crippen LogP contribution in [-0.2, 0) is 0 Å². The Hall–Kier alpha value is -2.88. The topological polar surface area (TPSA) is 47.9 Å². The minimum Gasteiger partial charge on any atom is -0.504 e. The van der Waals surface area contributed by atoms with E-state index in [0.717, 1.165) is 47.5 Å². The molecule has 2 aromatic carbocycles. The van der Waals surface area contributed by atoms with E-state index in [4.69, 9.17) is 14.2 Å². The van der Waals surface area contributed by atoms with Crippen LogP contribution in [0.3, 0.4) is 0 Å². The highest BCUT2D eigenvalue weighted by Gasteiger charge is 2.46. The van der Waals surface area contributed by atoms with Gasteiger partial charge in [-0.05, 0) is 62.6 Å². The zero-order chi connectivity index (χ0) is 21.5. The van der Waals surface area contributed by atoms with E-state index >= 15 is 0 Å². The zero-order valence-corrected chi connectivity index (χ0v) is 18.2. The molecule has 1 aliphatic carbocycles. The average molecular weight is 407 g/mol. The lowest BCUT2D eigenvalue weighted by Crippen LogP contribution is -2.44. The van der Waals surface area contributed by atoms with Crippen molar-refractivity contribution in [1.29, 1.82) is 0 Å². The molecule has 2 aliphatic rings. The van der Waals surface area contributed by atoms with Crippen molar-refractivity contribution in [2.24, 2.45) is 5.92 Å². The van der Waals surface area contributed by atoms with E-state index in [1.807, 2.05) is 36.4 Å². The minimum atomic E-state index is -0.233. The van der Waals surface area contributed by atoms with Crippen molar-refractivity contribution in [3.63, 3.8) is 0 Å². The van der Waals surface area contributed by atoms with Crippen LogP contribution in [-0.4, -0.2) is 24.9 Å². The van der Waals surface area contributed by atoms with E-state index in [1.54, 1.807) is 14.2 Å². The van der Waals surface area contributed by atoms with Crippen LogP contribution in [0.5, 0.6) is 23.0 Å². The molecule has 1 heterocycles. The molecule has 2 aromatic rings. The summed E-state index contributed by atoms with van der Waals surface area (Å²) in [6.45, 7) is 8.49. The van der Waals surface area contributed by atoms with Crippen LogP contribution in [0.2, 0.25) is 0 Å². The van der Waals surface area contributed by atoms with Gasteiger partial charge >= 0.3 is 0 Å². The minimum absolute atomic E-state index is 0.205. The van der Waals surface area contributed by atoms with Gasteiger partial charge < -0.3 is 19.3 Å². The van der Waals surface area contributed by atoms with E-state index in [9.17, 15) is 5.11 Å². The van der Waals surface area contributed by atoms with Gasteiger partial charge in [-0.2, -0.15) is 0 Å². The quantitative estimate of drug-likeness (QED) is 0.475. The summed E-state index contributed by atoms with van der Waals surface area (Å²) in [6, 6.07) is 9.76. The van der Waals surface area contributed by atoms with Gasteiger partial charge in [0.25, 0.3) is 0 Å². The third-order valence-corrected chi connectivity index (χ3v) is 6.52. The number of hydrogen-bond acceptors (Lipinski definition) is 4. The Morgan fingerprint density at radius 3 is 2.50 bits per heavy atom. The maximum absolute atomic E-state index is 11.1. The van der Waals surface area contributed by atoms with Crippen LogP contribution in [0.25, 0.3) is 12.2 Å². The van der Waals surface area contributed by atoms with Crippen LogP contribution in [0.4, 0.5) is 0 Å². The van der Waals surface area contributed by atoms with Crippen LogP contribution in [0, 0.1) is 5.92 Å². The SMILES string of the molecule is C=C(C)C1CCC2(C)CC1c1ccc(/C=C/c3cc(OC)cc(OC)c3)c(O)c1O2. The van der Waals surface area contributed by atoms with Crippen molar-refractivity contribution in [3.05, 3.63) is 59.2 Å². The number of ether oxygens (including phenoxy) is 3. The Labute approximate surface area is 178 Å². The van der Waals surface area contributed by atoms with Gasteiger partial charge in [0.15, 0.2) is 11.5 Å². The first kappa shape index (κ1) is 20.4. The summed E-state index contributed by atoms with van der Waals surface area (Å²) in [6.07, 6.45) is 6.86. The molecule has 0 spiro atoms. The fraction of sp³-hybridized carbons (Fsp3) is 0.385. The molecule has 0 saturated heterocycles. The van der Waals surface area contributed by atoms with Gasteiger partial charge in [-0.15, -0.1) is 0 Å². The number of fused-ring (bicyclic) bond motifs is 4. The summed E-state index contributed by atoms with van der Waals surface area (Å²) < 4.78 is 17.0. The molecule has 4 heteroatoms. The van der Waals surface area contributed by atoms with Crippen LogP contribution >= 0.6 is 0 Å². The van der Waals surface area contributed by atoms with E-state index in [1.165, 1.54) is 5.57 Å². The maximum atomic E-state index is 11.1. The molecule has 4 rings (SSSR count). The van der Waals surface area contributed by atoms with Crippen molar-refractivity contribution < 1.29 is 19.3 Å². The number of methoxy groups -OCH3 is 2. The Balaban J connectivity index is 1.70. The predicted molar refractivity (Wildman–Crippen MR) is 121 cm³/mol. The van der Waals surface area contributed by atoms with Gasteiger partial charge in [-0.1, -0.05) is 36.4 Å². The first-order chi connectivity index (χ1) is 14.3. The molecular formula is C26H30O4. The highest BCUT2D eigenvalue weighted by molar-refractivity contribution is 5.76. The molecule has 158 valence electrons. The number of hydrogen-bond donors (Lipinski definition) is 1. The molecule has 1 N–H and O–H groups in total. The first-order valence-corrected chi connectivity index (χ1v) is 10.4. The molecule has 0 amide bonds. The van der Waals surface area contributed by atoms with Gasteiger partial charge in [0.1, 0.15) is 17.1 Å². The fourth-order valence-corrected chi connectivity index (χ4v) is 4.87. The summed E-state index contributed by atoms with van der Waals surface area (Å²) in [5, 5.41) is 11.1. The normalized spacial score (nSPS) is 24.8. The summed E-state index contributed by atoms with van der Waals surface area (Å²) in [5.41, 5.74) is 3.73. The molecule has 1 fully saturated rings. The summed E-state index contributed by atoms with van der Waals surface area (Å²) in [4.78, 5) is 0. The number of phenolic OH excluding ortho intramolecular Hbond substituents is 1. The fourth-order valence-electron chi connectivity index (χ4n) is 4.87. The molecule has 1 aliphatic heterocycles. The molecule has 0 radical (unpaired) electrons. The Kier molecular flexibility index (Phi) is 5.27. The Morgan fingerprint density at radius 1 is 1.17 bits per heavy atom. The summed E-state index contributed by atoms with van der Waals surface area (Å²) >= 11 is 0. The molecule has 3 unspecified atom stereocenters. The molecule has 0 aromatic heterocycles. The van der Waals surface area contributed by atoms with E-state index in [0.29, 0.717) is 17.6 Å². The van der Waals surface area contributed by atoms with E-state index < -0.39 is 0 Å². The second kappa shape index (κ2) is 7.75. The number of aromatic hydroxyl groups is 1. The highest BCUT2D eigenvalue weighted by Crippen LogP contribution is 2.55. The molecule has 1 saturated carbocycles. The average Bonchev–Trinajstić information content (AvgIpc) is 2.73. The Morgan fingerprint density at radius 2 is 1.87 bits per heavy atom. The lowest BCUT2D eigenvalue weighted by Gasteiger charge is -2.48. The highest BCUT2D eigenvalue weighted by atomic mass is 16.5. The first-order valence-electron chi connectivity index (χ1n) is 10.4. The Bertz CT molecular complexity index is 984. The van der Waals surface area contributed by atoms with Gasteiger partial charge in [0, 0.05) is 17.2 Å². The maximum Gasteiger partial charge on any atom is 0.165 e. The van der Waals surface area contributed by atoms with Crippen molar-refractivity contribution in [1.82, 2.24) is 0 Å². The van der Waals surface area contributed by atoms with E-state index in [-0.39, 0.29) is 11.4 Å². The number of benzene rings is 2. The zero-order valence-electron chi connectivity index (χ0n) is 18.2. The lowest BCUT2D eigenvalue weighted by molar-refractivity contribution is 0.00491. The van der Waals surface area contributed by atoms with Crippen molar-refractivity contribution in [2.45, 2.75) is 44.6 Å². The third kappa shape index (κ3) is 3.67. The molecular weight excluding hydrogens is 376 g/mol. The second-order valence-corrected chi connectivity index (χ2v) is 8.76. The van der Waals surface area contributed by atoms with Crippen LogP contribution in [0.15, 0.2) is 42.5 Å². The van der Waals surface area contributed by atoms with Gasteiger partial charge in [-0.3, -0.25) is 0 Å². The molecule has 4 nitrogen and oxygen atoms in total. The van der Waals surface area contributed by atoms with E-state index in [2.05, 4.69) is 26.5 Å². The number of phenols is 1. The smallest absolute Gasteiger partial charge is 0.165 e. The molecule has 2 bridgehead atoms. The monoisotopic (exact) mass is 406 g/mol. The number of allylic oxidation sites excluding steroid dienone is 1. The van der Waals surface area contributed by atoms with Crippen LogP contribution in [0.1, 0.15) is 55.7 Å². The third-order valence-electron chi connectivity index (χ3n) is 6.52. The van der Waals surface area contributed by atoms with Crippen molar-refractivity contribution in [3.8, 4) is 23.0 Å². The second-order valence-electron chi connectivity index (χ2n) is 8.76. The van der Waals surface area contributed by atoms with Crippen LogP contribution < -0.4 is 14.2 Å². The molecule has 3 atom stereocenters. The van der Waals surface area contributed by atoms with Crippen molar-refractivity contribution >= 4 is 12.2 Å². The van der Waals surface area contributed by atoms with Crippen molar-refractivity contribution in [2.75, 3.05) is 14.2 Å². The van der Waals surface area contributed by atoms with Gasteiger partial charge in [0.05, 0.1) is 14.2 Å².